The number of carboxylic acids is 1. The molecule has 1 aromatic carbocycles. The Kier molecular flexibility index (Phi) is 5.04. The summed E-state index contributed by atoms with van der Waals surface area (Å²) < 4.78 is 27.9. The second-order valence-corrected chi connectivity index (χ2v) is 8.68. The van der Waals surface area contributed by atoms with Crippen molar-refractivity contribution >= 4 is 34.4 Å². The number of allylic oxidation sites excluding steroid dienone is 5. The maximum Gasteiger partial charge on any atom is 0.352 e. The fourth-order valence-corrected chi connectivity index (χ4v) is 4.79. The van der Waals surface area contributed by atoms with Gasteiger partial charge in [0, 0.05) is 59.5 Å². The van der Waals surface area contributed by atoms with Crippen LogP contribution in [0, 0.1) is 11.8 Å². The Labute approximate surface area is 187 Å². The van der Waals surface area contributed by atoms with Crippen LogP contribution in [0.3, 0.4) is 0 Å². The number of piperazine rings is 1. The number of aromatic nitrogens is 1. The lowest BCUT2D eigenvalue weighted by Gasteiger charge is -2.40. The molecule has 0 spiro atoms. The fourth-order valence-electron chi connectivity index (χ4n) is 4.61. The van der Waals surface area contributed by atoms with Crippen molar-refractivity contribution in [3.8, 4) is 0 Å². The highest BCUT2D eigenvalue weighted by Crippen LogP contribution is 2.43. The van der Waals surface area contributed by atoms with Crippen molar-refractivity contribution < 1.29 is 23.5 Å². The van der Waals surface area contributed by atoms with E-state index in [1.54, 1.807) is 29.2 Å². The second kappa shape index (κ2) is 7.78. The first-order valence-corrected chi connectivity index (χ1v) is 10.7. The zero-order chi connectivity index (χ0) is 22.6. The maximum absolute atomic E-state index is 14.5. The normalized spacial score (nSPS) is 22.7. The minimum absolute atomic E-state index is 0.0239. The Morgan fingerprint density at radius 2 is 1.88 bits per heavy atom. The van der Waals surface area contributed by atoms with Gasteiger partial charge in [0.15, 0.2) is 0 Å². The average molecular weight is 460 g/mol. The highest BCUT2D eigenvalue weighted by atomic mass is 35.5. The molecule has 32 heavy (non-hydrogen) atoms. The van der Waals surface area contributed by atoms with Gasteiger partial charge in [-0.3, -0.25) is 4.79 Å². The third kappa shape index (κ3) is 3.48. The Bertz CT molecular complexity index is 1220. The molecule has 2 heterocycles. The van der Waals surface area contributed by atoms with Gasteiger partial charge >= 0.3 is 5.97 Å². The lowest BCUT2D eigenvalue weighted by Crippen LogP contribution is -2.49. The summed E-state index contributed by atoms with van der Waals surface area (Å²) in [7, 11) is 0. The van der Waals surface area contributed by atoms with Gasteiger partial charge in [-0.1, -0.05) is 17.7 Å². The minimum Gasteiger partial charge on any atom is -0.477 e. The van der Waals surface area contributed by atoms with Crippen molar-refractivity contribution in [2.75, 3.05) is 26.2 Å². The Balaban J connectivity index is 1.29. The van der Waals surface area contributed by atoms with Gasteiger partial charge in [0.25, 0.3) is 0 Å². The SMILES string of the molecule is O=C(O)c1[nH]c2ccc(Cl)cc2c1CC(=O)N1CCN(C2=C[C@@H]3C=C(F)C3C=C2F)CC1. The number of carboxylic acid groups (broad SMARTS) is 1. The standard InChI is InChI=1S/C23H20ClF2N3O3/c24-13-1-2-19-15(9-13)16(22(27-19)23(31)32)11-21(30)29-5-3-28(4-6-29)20-8-12-7-17(25)14(12)10-18(20)26/h1-2,7-10,12,14,27H,3-6,11H2,(H,31,32)/t12-,14?/m0/s1. The molecule has 0 radical (unpaired) electrons. The van der Waals surface area contributed by atoms with E-state index < -0.39 is 17.7 Å². The third-order valence-corrected chi connectivity index (χ3v) is 6.62. The Morgan fingerprint density at radius 1 is 1.12 bits per heavy atom. The molecular formula is C23H20ClF2N3O3. The van der Waals surface area contributed by atoms with E-state index in [0.717, 1.165) is 0 Å². The number of aromatic amines is 1. The van der Waals surface area contributed by atoms with Crippen LogP contribution in [0.15, 0.2) is 53.8 Å². The number of amides is 1. The van der Waals surface area contributed by atoms with Crippen molar-refractivity contribution in [3.05, 3.63) is 70.1 Å². The molecule has 166 valence electrons. The first-order valence-electron chi connectivity index (χ1n) is 10.3. The van der Waals surface area contributed by atoms with Crippen molar-refractivity contribution in [1.82, 2.24) is 14.8 Å². The summed E-state index contributed by atoms with van der Waals surface area (Å²) in [6.07, 6.45) is 4.48. The summed E-state index contributed by atoms with van der Waals surface area (Å²) in [6, 6.07) is 4.99. The molecule has 1 amide bonds. The van der Waals surface area contributed by atoms with Gasteiger partial charge in [0.2, 0.25) is 5.91 Å². The van der Waals surface area contributed by atoms with Crippen molar-refractivity contribution in [3.63, 3.8) is 0 Å². The van der Waals surface area contributed by atoms with Crippen molar-refractivity contribution in [1.29, 1.82) is 0 Å². The predicted molar refractivity (Wildman–Crippen MR) is 116 cm³/mol. The summed E-state index contributed by atoms with van der Waals surface area (Å²) in [5, 5.41) is 10.6. The van der Waals surface area contributed by atoms with Crippen LogP contribution in [-0.4, -0.2) is 57.9 Å². The molecule has 9 heteroatoms. The number of rotatable bonds is 4. The molecular weight excluding hydrogens is 440 g/mol. The molecule has 5 rings (SSSR count). The molecule has 2 atom stereocenters. The highest BCUT2D eigenvalue weighted by molar-refractivity contribution is 6.31. The van der Waals surface area contributed by atoms with Crippen LogP contribution in [0.5, 0.6) is 0 Å². The van der Waals surface area contributed by atoms with Crippen molar-refractivity contribution in [2.24, 2.45) is 11.8 Å². The summed E-state index contributed by atoms with van der Waals surface area (Å²) in [6.45, 7) is 1.64. The summed E-state index contributed by atoms with van der Waals surface area (Å²) >= 11 is 6.07. The molecule has 0 bridgehead atoms. The molecule has 6 nitrogen and oxygen atoms in total. The zero-order valence-corrected chi connectivity index (χ0v) is 17.7. The number of hydrogen-bond acceptors (Lipinski definition) is 3. The summed E-state index contributed by atoms with van der Waals surface area (Å²) in [5.74, 6) is -2.69. The number of hydrogen-bond donors (Lipinski definition) is 2. The van der Waals surface area contributed by atoms with Gasteiger partial charge in [-0.2, -0.15) is 0 Å². The van der Waals surface area contributed by atoms with E-state index in [0.29, 0.717) is 53.4 Å². The van der Waals surface area contributed by atoms with Crippen LogP contribution < -0.4 is 0 Å². The van der Waals surface area contributed by atoms with Crippen LogP contribution in [0.4, 0.5) is 8.78 Å². The molecule has 1 unspecified atom stereocenters. The van der Waals surface area contributed by atoms with Crippen LogP contribution in [0.2, 0.25) is 5.02 Å². The molecule has 1 aromatic heterocycles. The topological polar surface area (TPSA) is 76.6 Å². The highest BCUT2D eigenvalue weighted by Gasteiger charge is 2.36. The van der Waals surface area contributed by atoms with Crippen LogP contribution in [0.1, 0.15) is 16.1 Å². The predicted octanol–water partition coefficient (Wildman–Crippen LogP) is 4.06. The average Bonchev–Trinajstić information content (AvgIpc) is 3.12. The number of aromatic carboxylic acids is 1. The van der Waals surface area contributed by atoms with Crippen LogP contribution in [0.25, 0.3) is 10.9 Å². The van der Waals surface area contributed by atoms with E-state index >= 15 is 0 Å². The van der Waals surface area contributed by atoms with E-state index in [1.807, 2.05) is 4.90 Å². The number of benzene rings is 1. The fraction of sp³-hybridized carbons (Fsp3) is 0.304. The van der Waals surface area contributed by atoms with Gasteiger partial charge in [0.05, 0.1) is 12.1 Å². The van der Waals surface area contributed by atoms with Gasteiger partial charge < -0.3 is 19.9 Å². The summed E-state index contributed by atoms with van der Waals surface area (Å²) in [4.78, 5) is 31.0. The number of H-pyrrole nitrogens is 1. The molecule has 2 aromatic rings. The Morgan fingerprint density at radius 3 is 2.56 bits per heavy atom. The van der Waals surface area contributed by atoms with E-state index in [1.165, 1.54) is 12.2 Å². The van der Waals surface area contributed by atoms with E-state index in [-0.39, 0.29) is 29.8 Å². The quantitative estimate of drug-likeness (QED) is 0.723. The molecule has 1 fully saturated rings. The Hall–Kier alpha value is -3.13. The van der Waals surface area contributed by atoms with E-state index in [9.17, 15) is 23.5 Å². The number of nitrogens with one attached hydrogen (secondary N) is 1. The first-order chi connectivity index (χ1) is 15.3. The molecule has 1 aliphatic heterocycles. The zero-order valence-electron chi connectivity index (χ0n) is 16.9. The number of carbonyl (C=O) groups is 2. The maximum atomic E-state index is 14.5. The molecule has 0 saturated carbocycles. The van der Waals surface area contributed by atoms with Gasteiger partial charge in [-0.15, -0.1) is 0 Å². The lowest BCUT2D eigenvalue weighted by atomic mass is 9.77. The molecule has 2 N–H and O–H groups in total. The number of carbonyl (C=O) groups excluding carboxylic acids is 1. The van der Waals surface area contributed by atoms with E-state index in [4.69, 9.17) is 11.6 Å². The first kappa shape index (κ1) is 20.8. The van der Waals surface area contributed by atoms with E-state index in [2.05, 4.69) is 4.98 Å². The molecule has 3 aliphatic rings. The smallest absolute Gasteiger partial charge is 0.352 e. The number of nitrogens with zero attached hydrogens (tertiary/aromatic N) is 2. The molecule has 2 aliphatic carbocycles. The summed E-state index contributed by atoms with van der Waals surface area (Å²) in [5.41, 5.74) is 1.42. The second-order valence-electron chi connectivity index (χ2n) is 8.24. The van der Waals surface area contributed by atoms with Gasteiger partial charge in [-0.25, -0.2) is 13.6 Å². The van der Waals surface area contributed by atoms with Crippen LogP contribution in [-0.2, 0) is 11.2 Å². The largest absolute Gasteiger partial charge is 0.477 e. The lowest BCUT2D eigenvalue weighted by molar-refractivity contribution is -0.131. The number of halogens is 3. The van der Waals surface area contributed by atoms with Crippen molar-refractivity contribution in [2.45, 2.75) is 6.42 Å². The number of fused-ring (bicyclic) bond motifs is 2. The van der Waals surface area contributed by atoms with Gasteiger partial charge in [-0.05, 0) is 30.4 Å². The van der Waals surface area contributed by atoms with Crippen LogP contribution >= 0.6 is 11.6 Å². The monoisotopic (exact) mass is 459 g/mol. The van der Waals surface area contributed by atoms with Gasteiger partial charge in [0.1, 0.15) is 17.3 Å². The minimum atomic E-state index is -1.14. The third-order valence-electron chi connectivity index (χ3n) is 6.39. The molecule has 1 saturated heterocycles.